The molecule has 2 aliphatic carbocycles. The van der Waals surface area contributed by atoms with Crippen molar-refractivity contribution in [2.75, 3.05) is 0 Å². The molecule has 0 bridgehead atoms. The largest absolute Gasteiger partial charge is 0.291 e. The molecule has 0 spiro atoms. The van der Waals surface area contributed by atoms with Gasteiger partial charge in [-0.25, -0.2) is 0 Å². The molecule has 0 aromatic heterocycles. The van der Waals surface area contributed by atoms with E-state index in [2.05, 4.69) is 58.8 Å². The van der Waals surface area contributed by atoms with E-state index in [0.717, 1.165) is 24.7 Å². The van der Waals surface area contributed by atoms with Gasteiger partial charge in [-0.05, 0) is 81.5 Å². The maximum Gasteiger partial charge on any atom is 0.0307 e. The maximum atomic E-state index is 8.81. The van der Waals surface area contributed by atoms with Gasteiger partial charge in [0.1, 0.15) is 0 Å². The highest BCUT2D eigenvalue weighted by atomic mass is 16.5. The topological polar surface area (TPSA) is 32.3 Å². The van der Waals surface area contributed by atoms with Crippen LogP contribution < -0.4 is 5.48 Å². The lowest BCUT2D eigenvalue weighted by molar-refractivity contribution is -0.0390. The van der Waals surface area contributed by atoms with E-state index in [9.17, 15) is 0 Å². The first kappa shape index (κ1) is 20.3. The second kappa shape index (κ2) is 8.12. The van der Waals surface area contributed by atoms with Crippen LogP contribution in [0.5, 0.6) is 0 Å². The van der Waals surface area contributed by atoms with E-state index in [0.29, 0.717) is 16.5 Å². The molecule has 0 saturated heterocycles. The highest BCUT2D eigenvalue weighted by Crippen LogP contribution is 2.60. The fourth-order valence-corrected chi connectivity index (χ4v) is 5.72. The molecule has 25 heavy (non-hydrogen) atoms. The summed E-state index contributed by atoms with van der Waals surface area (Å²) in [7, 11) is 0. The van der Waals surface area contributed by atoms with Crippen molar-refractivity contribution in [2.24, 2.45) is 22.7 Å². The number of rotatable bonds is 7. The first-order chi connectivity index (χ1) is 11.7. The van der Waals surface area contributed by atoms with Gasteiger partial charge in [0.2, 0.25) is 0 Å². The number of hydrogen-bond acceptors (Lipinski definition) is 2. The lowest BCUT2D eigenvalue weighted by atomic mass is 9.48. The summed E-state index contributed by atoms with van der Waals surface area (Å²) in [5.74, 6) is 1.55. The zero-order valence-electron chi connectivity index (χ0n) is 17.1. The van der Waals surface area contributed by atoms with Gasteiger partial charge >= 0.3 is 0 Å². The quantitative estimate of drug-likeness (QED) is 0.393. The number of allylic oxidation sites excluding steroid dienone is 5. The summed E-state index contributed by atoms with van der Waals surface area (Å²) in [4.78, 5) is 0. The summed E-state index contributed by atoms with van der Waals surface area (Å²) >= 11 is 0. The van der Waals surface area contributed by atoms with Gasteiger partial charge in [-0.1, -0.05) is 57.1 Å². The number of hydroxylamine groups is 1. The lowest BCUT2D eigenvalue weighted by Gasteiger charge is -2.57. The van der Waals surface area contributed by atoms with Crippen LogP contribution in [0.1, 0.15) is 86.0 Å². The standard InChI is InChI=1S/C23H39NO/c1-17(9-7-10-19(3)24-25)11-13-20-18(2)12-14-21-22(4,5)15-8-16-23(20,21)6/h9,12,20-21,24-25H,3,7-8,10-11,13-16H2,1-2,4-6H3/b17-9+/t20-,21+,23-/m1/s1. The Balaban J connectivity index is 2.02. The second-order valence-electron chi connectivity index (χ2n) is 9.48. The summed E-state index contributed by atoms with van der Waals surface area (Å²) in [6, 6.07) is 0. The van der Waals surface area contributed by atoms with Crippen LogP contribution in [0.4, 0.5) is 0 Å². The van der Waals surface area contributed by atoms with Crippen LogP contribution in [0.2, 0.25) is 0 Å². The predicted molar refractivity (Wildman–Crippen MR) is 107 cm³/mol. The van der Waals surface area contributed by atoms with E-state index in [4.69, 9.17) is 5.21 Å². The molecule has 2 heteroatoms. The molecule has 0 aromatic rings. The zero-order valence-corrected chi connectivity index (χ0v) is 17.1. The van der Waals surface area contributed by atoms with E-state index < -0.39 is 0 Å². The van der Waals surface area contributed by atoms with Crippen molar-refractivity contribution in [3.8, 4) is 0 Å². The first-order valence-electron chi connectivity index (χ1n) is 10.1. The van der Waals surface area contributed by atoms with Gasteiger partial charge < -0.3 is 0 Å². The summed E-state index contributed by atoms with van der Waals surface area (Å²) in [5, 5.41) is 8.81. The maximum absolute atomic E-state index is 8.81. The van der Waals surface area contributed by atoms with Gasteiger partial charge in [0.05, 0.1) is 0 Å². The van der Waals surface area contributed by atoms with Gasteiger partial charge in [0.15, 0.2) is 0 Å². The van der Waals surface area contributed by atoms with Crippen LogP contribution in [0.15, 0.2) is 35.6 Å². The lowest BCUT2D eigenvalue weighted by Crippen LogP contribution is -2.48. The van der Waals surface area contributed by atoms with Gasteiger partial charge in [0, 0.05) is 5.70 Å². The van der Waals surface area contributed by atoms with Crippen LogP contribution in [-0.4, -0.2) is 5.21 Å². The molecule has 0 aliphatic heterocycles. The van der Waals surface area contributed by atoms with Gasteiger partial charge in [0.25, 0.3) is 0 Å². The molecule has 1 fully saturated rings. The number of fused-ring (bicyclic) bond motifs is 1. The van der Waals surface area contributed by atoms with Crippen molar-refractivity contribution in [3.63, 3.8) is 0 Å². The molecule has 1 saturated carbocycles. The molecule has 2 rings (SSSR count). The van der Waals surface area contributed by atoms with E-state index in [1.807, 2.05) is 0 Å². The van der Waals surface area contributed by atoms with Crippen LogP contribution in [0.3, 0.4) is 0 Å². The molecule has 0 unspecified atom stereocenters. The Kier molecular flexibility index (Phi) is 6.59. The molecule has 2 N–H and O–H groups in total. The number of hydrogen-bond donors (Lipinski definition) is 2. The molecule has 3 atom stereocenters. The molecule has 0 aromatic carbocycles. The third-order valence-electron chi connectivity index (χ3n) is 7.22. The Bertz CT molecular complexity index is 542. The fourth-order valence-electron chi connectivity index (χ4n) is 5.72. The highest BCUT2D eigenvalue weighted by Gasteiger charge is 2.51. The van der Waals surface area contributed by atoms with Crippen molar-refractivity contribution in [2.45, 2.75) is 86.0 Å². The average Bonchev–Trinajstić information content (AvgIpc) is 2.53. The van der Waals surface area contributed by atoms with E-state index in [1.54, 1.807) is 5.57 Å². The summed E-state index contributed by atoms with van der Waals surface area (Å²) in [5.41, 5.74) is 6.87. The third kappa shape index (κ3) is 4.58. The van der Waals surface area contributed by atoms with Gasteiger partial charge in [-0.3, -0.25) is 10.7 Å². The monoisotopic (exact) mass is 345 g/mol. The van der Waals surface area contributed by atoms with Crippen molar-refractivity contribution in [1.82, 2.24) is 5.48 Å². The van der Waals surface area contributed by atoms with Crippen molar-refractivity contribution in [1.29, 1.82) is 0 Å². The highest BCUT2D eigenvalue weighted by molar-refractivity contribution is 5.19. The normalized spacial score (nSPS) is 31.9. The fraction of sp³-hybridized carbons (Fsp3) is 0.739. The molecule has 2 aliphatic rings. The van der Waals surface area contributed by atoms with E-state index in [1.165, 1.54) is 44.1 Å². The smallest absolute Gasteiger partial charge is 0.0307 e. The minimum absolute atomic E-state index is 0.468. The first-order valence-corrected chi connectivity index (χ1v) is 10.1. The molecule has 0 amide bonds. The molecular formula is C23H39NO. The molecule has 142 valence electrons. The van der Waals surface area contributed by atoms with Crippen LogP contribution >= 0.6 is 0 Å². The van der Waals surface area contributed by atoms with Gasteiger partial charge in [-0.2, -0.15) is 0 Å². The minimum Gasteiger partial charge on any atom is -0.291 e. The molecule has 0 heterocycles. The summed E-state index contributed by atoms with van der Waals surface area (Å²) in [6.45, 7) is 16.0. The average molecular weight is 346 g/mol. The second-order valence-corrected chi connectivity index (χ2v) is 9.48. The van der Waals surface area contributed by atoms with Crippen molar-refractivity contribution in [3.05, 3.63) is 35.6 Å². The third-order valence-corrected chi connectivity index (χ3v) is 7.22. The molecule has 2 nitrogen and oxygen atoms in total. The zero-order chi connectivity index (χ0) is 18.7. The summed E-state index contributed by atoms with van der Waals surface area (Å²) < 4.78 is 0. The van der Waals surface area contributed by atoms with E-state index in [-0.39, 0.29) is 0 Å². The predicted octanol–water partition coefficient (Wildman–Crippen LogP) is 6.78. The Morgan fingerprint density at radius 3 is 2.72 bits per heavy atom. The van der Waals surface area contributed by atoms with Crippen LogP contribution in [-0.2, 0) is 0 Å². The van der Waals surface area contributed by atoms with E-state index >= 15 is 0 Å². The number of nitrogens with one attached hydrogen (secondary N) is 1. The Morgan fingerprint density at radius 2 is 2.04 bits per heavy atom. The minimum atomic E-state index is 0.468. The van der Waals surface area contributed by atoms with Crippen molar-refractivity contribution >= 4 is 0 Å². The Morgan fingerprint density at radius 1 is 1.32 bits per heavy atom. The Hall–Kier alpha value is -1.02. The molecule has 0 radical (unpaired) electrons. The Labute approximate surface area is 155 Å². The summed E-state index contributed by atoms with van der Waals surface area (Å²) in [6.07, 6.45) is 14.5. The molecular weight excluding hydrogens is 306 g/mol. The van der Waals surface area contributed by atoms with Crippen LogP contribution in [0.25, 0.3) is 0 Å². The van der Waals surface area contributed by atoms with Crippen molar-refractivity contribution < 1.29 is 5.21 Å². The van der Waals surface area contributed by atoms with Gasteiger partial charge in [-0.15, -0.1) is 0 Å². The SMILES string of the molecule is C=C(CC/C=C(\C)CC[C@@H]1C(C)=CC[C@H]2C(C)(C)CCC[C@]12C)NO. The van der Waals surface area contributed by atoms with Crippen LogP contribution in [0, 0.1) is 22.7 Å².